The fourth-order valence-corrected chi connectivity index (χ4v) is 2.39. The zero-order chi connectivity index (χ0) is 15.1. The summed E-state index contributed by atoms with van der Waals surface area (Å²) in [6.45, 7) is 7.02. The summed E-state index contributed by atoms with van der Waals surface area (Å²) >= 11 is 6.13. The van der Waals surface area contributed by atoms with E-state index in [1.807, 2.05) is 13.0 Å². The second-order valence-electron chi connectivity index (χ2n) is 5.27. The van der Waals surface area contributed by atoms with Gasteiger partial charge in [-0.1, -0.05) is 38.3 Å². The molecule has 1 aromatic rings. The highest BCUT2D eigenvalue weighted by atomic mass is 35.5. The average molecular weight is 300 g/mol. The summed E-state index contributed by atoms with van der Waals surface area (Å²) in [4.78, 5) is 0. The van der Waals surface area contributed by atoms with Crippen molar-refractivity contribution in [2.45, 2.75) is 46.1 Å². The third kappa shape index (κ3) is 4.88. The first-order valence-corrected chi connectivity index (χ1v) is 7.64. The van der Waals surface area contributed by atoms with Crippen LogP contribution in [0.1, 0.15) is 39.2 Å². The molecular weight excluding hydrogens is 274 g/mol. The summed E-state index contributed by atoms with van der Waals surface area (Å²) < 4.78 is 11.4. The highest BCUT2D eigenvalue weighted by Crippen LogP contribution is 2.36. The first kappa shape index (κ1) is 17.1. The molecule has 1 aromatic carbocycles. The van der Waals surface area contributed by atoms with Crippen LogP contribution >= 0.6 is 11.6 Å². The van der Waals surface area contributed by atoms with Gasteiger partial charge >= 0.3 is 0 Å². The van der Waals surface area contributed by atoms with Gasteiger partial charge in [0.05, 0.1) is 13.7 Å². The van der Waals surface area contributed by atoms with Crippen LogP contribution in [0.5, 0.6) is 11.5 Å². The van der Waals surface area contributed by atoms with Crippen molar-refractivity contribution in [3.8, 4) is 11.5 Å². The zero-order valence-corrected chi connectivity index (χ0v) is 13.7. The highest BCUT2D eigenvalue weighted by molar-refractivity contribution is 6.30. The van der Waals surface area contributed by atoms with Gasteiger partial charge in [0, 0.05) is 22.7 Å². The maximum atomic E-state index is 6.13. The van der Waals surface area contributed by atoms with E-state index in [9.17, 15) is 0 Å². The molecule has 4 heteroatoms. The lowest BCUT2D eigenvalue weighted by Crippen LogP contribution is -2.19. The lowest BCUT2D eigenvalue weighted by atomic mass is 10.0. The van der Waals surface area contributed by atoms with E-state index in [4.69, 9.17) is 26.8 Å². The molecule has 0 amide bonds. The molecule has 3 nitrogen and oxygen atoms in total. The van der Waals surface area contributed by atoms with Gasteiger partial charge in [0.25, 0.3) is 0 Å². The van der Waals surface area contributed by atoms with Crippen molar-refractivity contribution < 1.29 is 9.47 Å². The van der Waals surface area contributed by atoms with Crippen molar-refractivity contribution in [2.75, 3.05) is 13.7 Å². The van der Waals surface area contributed by atoms with E-state index >= 15 is 0 Å². The number of rotatable bonds is 8. The Bertz CT molecular complexity index is 417. The van der Waals surface area contributed by atoms with Crippen molar-refractivity contribution in [3.05, 3.63) is 22.7 Å². The van der Waals surface area contributed by atoms with Gasteiger partial charge in [-0.25, -0.2) is 0 Å². The lowest BCUT2D eigenvalue weighted by molar-refractivity contribution is 0.228. The second kappa shape index (κ2) is 8.38. The molecule has 0 spiro atoms. The van der Waals surface area contributed by atoms with E-state index < -0.39 is 0 Å². The third-order valence-corrected chi connectivity index (χ3v) is 3.69. The maximum absolute atomic E-state index is 6.13. The van der Waals surface area contributed by atoms with E-state index in [0.29, 0.717) is 23.3 Å². The lowest BCUT2D eigenvalue weighted by Gasteiger charge is -2.19. The number of methoxy groups -OCH3 is 1. The van der Waals surface area contributed by atoms with Crippen LogP contribution in [-0.2, 0) is 6.42 Å². The molecule has 20 heavy (non-hydrogen) atoms. The Morgan fingerprint density at radius 3 is 2.40 bits per heavy atom. The minimum Gasteiger partial charge on any atom is -0.493 e. The van der Waals surface area contributed by atoms with Gasteiger partial charge in [0.1, 0.15) is 0 Å². The first-order valence-electron chi connectivity index (χ1n) is 7.26. The predicted octanol–water partition coefficient (Wildman–Crippen LogP) is 4.05. The number of benzene rings is 1. The summed E-state index contributed by atoms with van der Waals surface area (Å²) in [5.41, 5.74) is 6.91. The Morgan fingerprint density at radius 2 is 1.90 bits per heavy atom. The summed E-state index contributed by atoms with van der Waals surface area (Å²) in [7, 11) is 1.63. The molecule has 1 rings (SSSR count). The van der Waals surface area contributed by atoms with Crippen LogP contribution in [-0.4, -0.2) is 19.8 Å². The van der Waals surface area contributed by atoms with Crippen LogP contribution in [0, 0.1) is 5.92 Å². The summed E-state index contributed by atoms with van der Waals surface area (Å²) in [5, 5.41) is 0.646. The smallest absolute Gasteiger partial charge is 0.164 e. The van der Waals surface area contributed by atoms with Crippen LogP contribution in [0.4, 0.5) is 0 Å². The molecule has 1 unspecified atom stereocenters. The summed E-state index contributed by atoms with van der Waals surface area (Å²) in [6, 6.07) is 3.75. The average Bonchev–Trinajstić information content (AvgIpc) is 2.40. The summed E-state index contributed by atoms with van der Waals surface area (Å²) in [5.74, 6) is 2.01. The van der Waals surface area contributed by atoms with Crippen LogP contribution in [0.3, 0.4) is 0 Å². The van der Waals surface area contributed by atoms with Crippen LogP contribution in [0.2, 0.25) is 5.02 Å². The van der Waals surface area contributed by atoms with E-state index in [1.54, 1.807) is 13.2 Å². The van der Waals surface area contributed by atoms with Crippen LogP contribution < -0.4 is 15.2 Å². The third-order valence-electron chi connectivity index (χ3n) is 3.48. The molecule has 0 aliphatic rings. The van der Waals surface area contributed by atoms with Gasteiger partial charge < -0.3 is 15.2 Å². The largest absolute Gasteiger partial charge is 0.493 e. The number of hydrogen-bond donors (Lipinski definition) is 1. The SMILES string of the molecule is CCC(CC)COc1c(CC(C)N)cc(Cl)cc1OC. The standard InChI is InChI=1S/C16H26ClNO2/c1-5-12(6-2)10-20-16-13(7-11(3)18)8-14(17)9-15(16)19-4/h8-9,11-12H,5-7,10,18H2,1-4H3. The van der Waals surface area contributed by atoms with Gasteiger partial charge in [-0.3, -0.25) is 0 Å². The Balaban J connectivity index is 3.00. The van der Waals surface area contributed by atoms with Gasteiger partial charge in [0.15, 0.2) is 11.5 Å². The Hall–Kier alpha value is -0.930. The van der Waals surface area contributed by atoms with Gasteiger partial charge in [-0.15, -0.1) is 0 Å². The molecule has 114 valence electrons. The molecule has 0 bridgehead atoms. The summed E-state index contributed by atoms with van der Waals surface area (Å²) in [6.07, 6.45) is 2.93. The molecule has 1 atom stereocenters. The molecule has 0 radical (unpaired) electrons. The molecule has 0 saturated heterocycles. The van der Waals surface area contributed by atoms with Crippen LogP contribution in [0.15, 0.2) is 12.1 Å². The molecule has 0 fully saturated rings. The molecule has 0 aromatic heterocycles. The Morgan fingerprint density at radius 1 is 1.25 bits per heavy atom. The molecule has 0 heterocycles. The zero-order valence-electron chi connectivity index (χ0n) is 12.9. The van der Waals surface area contributed by atoms with Crippen molar-refractivity contribution in [1.29, 1.82) is 0 Å². The van der Waals surface area contributed by atoms with E-state index in [0.717, 1.165) is 30.6 Å². The molecule has 0 aliphatic carbocycles. The molecule has 0 aliphatic heterocycles. The normalized spacial score (nSPS) is 12.6. The van der Waals surface area contributed by atoms with Crippen molar-refractivity contribution in [1.82, 2.24) is 0 Å². The van der Waals surface area contributed by atoms with E-state index in [-0.39, 0.29) is 6.04 Å². The fraction of sp³-hybridized carbons (Fsp3) is 0.625. The van der Waals surface area contributed by atoms with Gasteiger partial charge in [-0.2, -0.15) is 0 Å². The molecule has 0 saturated carbocycles. The topological polar surface area (TPSA) is 44.5 Å². The second-order valence-corrected chi connectivity index (χ2v) is 5.71. The Kier molecular flexibility index (Phi) is 7.17. The first-order chi connectivity index (χ1) is 9.51. The number of ether oxygens (including phenoxy) is 2. The van der Waals surface area contributed by atoms with Gasteiger partial charge in [-0.05, 0) is 25.3 Å². The number of nitrogens with two attached hydrogens (primary N) is 1. The van der Waals surface area contributed by atoms with E-state index in [2.05, 4.69) is 13.8 Å². The number of hydrogen-bond acceptors (Lipinski definition) is 3. The predicted molar refractivity (Wildman–Crippen MR) is 84.9 cm³/mol. The molecule has 2 N–H and O–H groups in total. The van der Waals surface area contributed by atoms with Crippen molar-refractivity contribution in [3.63, 3.8) is 0 Å². The van der Waals surface area contributed by atoms with Crippen molar-refractivity contribution >= 4 is 11.6 Å². The minimum absolute atomic E-state index is 0.0497. The quantitative estimate of drug-likeness (QED) is 0.787. The Labute approximate surface area is 127 Å². The van der Waals surface area contributed by atoms with Crippen molar-refractivity contribution in [2.24, 2.45) is 11.7 Å². The monoisotopic (exact) mass is 299 g/mol. The molecular formula is C16H26ClNO2. The highest BCUT2D eigenvalue weighted by Gasteiger charge is 2.15. The van der Waals surface area contributed by atoms with Crippen LogP contribution in [0.25, 0.3) is 0 Å². The number of halogens is 1. The van der Waals surface area contributed by atoms with E-state index in [1.165, 1.54) is 0 Å². The van der Waals surface area contributed by atoms with Gasteiger partial charge in [0.2, 0.25) is 0 Å². The fourth-order valence-electron chi connectivity index (χ4n) is 2.16. The maximum Gasteiger partial charge on any atom is 0.164 e. The minimum atomic E-state index is 0.0497.